The molecule has 0 aliphatic heterocycles. The first-order valence-corrected chi connectivity index (χ1v) is 6.57. The molecular formula is C13H20OS. The summed E-state index contributed by atoms with van der Waals surface area (Å²) in [6, 6.07) is 4.26. The molecule has 1 aliphatic rings. The molecule has 15 heavy (non-hydrogen) atoms. The molecule has 0 saturated heterocycles. The maximum atomic E-state index is 10.0. The van der Waals surface area contributed by atoms with Gasteiger partial charge < -0.3 is 5.11 Å². The first-order chi connectivity index (χ1) is 6.97. The molecule has 0 aromatic carbocycles. The average Bonchev–Trinajstić information content (AvgIpc) is 2.80. The molecule has 1 nitrogen and oxygen atoms in total. The lowest BCUT2D eigenvalue weighted by molar-refractivity contribution is 0.164. The second-order valence-electron chi connectivity index (χ2n) is 5.65. The summed E-state index contributed by atoms with van der Waals surface area (Å²) in [5.41, 5.74) is 0.211. The second kappa shape index (κ2) is 3.91. The Morgan fingerprint density at radius 2 is 2.07 bits per heavy atom. The highest BCUT2D eigenvalue weighted by Gasteiger charge is 2.26. The summed E-state index contributed by atoms with van der Waals surface area (Å²) in [5, 5.41) is 10.0. The van der Waals surface area contributed by atoms with Crippen molar-refractivity contribution in [3.63, 3.8) is 0 Å². The molecule has 84 valence electrons. The monoisotopic (exact) mass is 224 g/mol. The van der Waals surface area contributed by atoms with E-state index in [0.29, 0.717) is 0 Å². The van der Waals surface area contributed by atoms with Gasteiger partial charge in [0.05, 0.1) is 6.10 Å². The minimum atomic E-state index is -0.224. The largest absolute Gasteiger partial charge is 0.388 e. The molecule has 1 aromatic rings. The van der Waals surface area contributed by atoms with Crippen molar-refractivity contribution in [1.82, 2.24) is 0 Å². The van der Waals surface area contributed by atoms with Crippen LogP contribution in [0.1, 0.15) is 55.9 Å². The fourth-order valence-corrected chi connectivity index (χ4v) is 2.79. The van der Waals surface area contributed by atoms with Crippen LogP contribution in [0.5, 0.6) is 0 Å². The maximum absolute atomic E-state index is 10.0. The van der Waals surface area contributed by atoms with Crippen LogP contribution >= 0.6 is 11.3 Å². The van der Waals surface area contributed by atoms with E-state index in [2.05, 4.69) is 32.9 Å². The first kappa shape index (κ1) is 11.2. The van der Waals surface area contributed by atoms with Gasteiger partial charge in [0.15, 0.2) is 0 Å². The zero-order valence-corrected chi connectivity index (χ0v) is 10.6. The standard InChI is InChI=1S/C13H20OS/c1-13(2,3)12-7-6-11(15-12)10(14)8-9-4-5-9/h6-7,9-10,14H,4-5,8H2,1-3H3. The first-order valence-electron chi connectivity index (χ1n) is 5.75. The van der Waals surface area contributed by atoms with Gasteiger partial charge in [-0.2, -0.15) is 0 Å². The van der Waals surface area contributed by atoms with Gasteiger partial charge in [-0.25, -0.2) is 0 Å². The number of hydrogen-bond donors (Lipinski definition) is 1. The van der Waals surface area contributed by atoms with E-state index in [1.807, 2.05) is 0 Å². The molecule has 1 aliphatic carbocycles. The highest BCUT2D eigenvalue weighted by molar-refractivity contribution is 7.12. The summed E-state index contributed by atoms with van der Waals surface area (Å²) < 4.78 is 0. The third-order valence-electron chi connectivity index (χ3n) is 2.95. The van der Waals surface area contributed by atoms with Crippen molar-refractivity contribution in [1.29, 1.82) is 0 Å². The Morgan fingerprint density at radius 3 is 2.53 bits per heavy atom. The predicted octanol–water partition coefficient (Wildman–Crippen LogP) is 3.88. The number of aliphatic hydroxyl groups excluding tert-OH is 1. The fraction of sp³-hybridized carbons (Fsp3) is 0.692. The van der Waals surface area contributed by atoms with Crippen LogP contribution in [0.2, 0.25) is 0 Å². The van der Waals surface area contributed by atoms with Gasteiger partial charge in [0.1, 0.15) is 0 Å². The van der Waals surface area contributed by atoms with Crippen molar-refractivity contribution < 1.29 is 5.11 Å². The molecule has 1 saturated carbocycles. The van der Waals surface area contributed by atoms with Gasteiger partial charge in [-0.15, -0.1) is 11.3 Å². The topological polar surface area (TPSA) is 20.2 Å². The Balaban J connectivity index is 2.05. The number of thiophene rings is 1. The van der Waals surface area contributed by atoms with Gasteiger partial charge >= 0.3 is 0 Å². The van der Waals surface area contributed by atoms with Gasteiger partial charge in [0, 0.05) is 9.75 Å². The molecule has 1 N–H and O–H groups in total. The fourth-order valence-electron chi connectivity index (χ4n) is 1.72. The van der Waals surface area contributed by atoms with E-state index >= 15 is 0 Å². The molecule has 1 aromatic heterocycles. The molecule has 1 fully saturated rings. The van der Waals surface area contributed by atoms with E-state index in [1.165, 1.54) is 17.7 Å². The van der Waals surface area contributed by atoms with E-state index in [4.69, 9.17) is 0 Å². The minimum Gasteiger partial charge on any atom is -0.388 e. The minimum absolute atomic E-state index is 0.211. The lowest BCUT2D eigenvalue weighted by Crippen LogP contribution is -2.07. The van der Waals surface area contributed by atoms with Crippen molar-refractivity contribution >= 4 is 11.3 Å². The molecule has 2 heteroatoms. The van der Waals surface area contributed by atoms with Gasteiger partial charge in [-0.3, -0.25) is 0 Å². The van der Waals surface area contributed by atoms with E-state index in [0.717, 1.165) is 17.2 Å². The number of hydrogen-bond acceptors (Lipinski definition) is 2. The van der Waals surface area contributed by atoms with Crippen molar-refractivity contribution in [2.45, 2.75) is 51.6 Å². The summed E-state index contributed by atoms with van der Waals surface area (Å²) in [5.74, 6) is 0.792. The Kier molecular flexibility index (Phi) is 2.91. The lowest BCUT2D eigenvalue weighted by Gasteiger charge is -2.15. The molecule has 0 radical (unpaired) electrons. The van der Waals surface area contributed by atoms with Crippen molar-refractivity contribution in [3.8, 4) is 0 Å². The van der Waals surface area contributed by atoms with Crippen LogP contribution in [0.4, 0.5) is 0 Å². The Morgan fingerprint density at radius 1 is 1.40 bits per heavy atom. The molecule has 2 rings (SSSR count). The molecule has 1 heterocycles. The van der Waals surface area contributed by atoms with Gasteiger partial charge in [-0.05, 0) is 29.9 Å². The van der Waals surface area contributed by atoms with Crippen LogP contribution in [-0.2, 0) is 5.41 Å². The molecule has 1 atom stereocenters. The maximum Gasteiger partial charge on any atom is 0.0884 e. The summed E-state index contributed by atoms with van der Waals surface area (Å²) in [6.45, 7) is 6.65. The zero-order chi connectivity index (χ0) is 11.1. The average molecular weight is 224 g/mol. The summed E-state index contributed by atoms with van der Waals surface area (Å²) in [6.07, 6.45) is 3.37. The number of rotatable bonds is 3. The number of aliphatic hydroxyl groups is 1. The Bertz CT molecular complexity index is 331. The normalized spacial score (nSPS) is 19.2. The lowest BCUT2D eigenvalue weighted by atomic mass is 9.95. The van der Waals surface area contributed by atoms with E-state index in [1.54, 1.807) is 11.3 Å². The van der Waals surface area contributed by atoms with Gasteiger partial charge in [0.2, 0.25) is 0 Å². The van der Waals surface area contributed by atoms with Crippen molar-refractivity contribution in [3.05, 3.63) is 21.9 Å². The van der Waals surface area contributed by atoms with Gasteiger partial charge in [-0.1, -0.05) is 33.6 Å². The smallest absolute Gasteiger partial charge is 0.0884 e. The third-order valence-corrected chi connectivity index (χ3v) is 4.56. The van der Waals surface area contributed by atoms with Crippen LogP contribution in [0.15, 0.2) is 12.1 Å². The molecular weight excluding hydrogens is 204 g/mol. The van der Waals surface area contributed by atoms with Crippen LogP contribution < -0.4 is 0 Å². The van der Waals surface area contributed by atoms with Crippen LogP contribution in [0.25, 0.3) is 0 Å². The molecule has 0 bridgehead atoms. The van der Waals surface area contributed by atoms with Crippen molar-refractivity contribution in [2.24, 2.45) is 5.92 Å². The summed E-state index contributed by atoms with van der Waals surface area (Å²) in [7, 11) is 0. The van der Waals surface area contributed by atoms with E-state index in [9.17, 15) is 5.11 Å². The quantitative estimate of drug-likeness (QED) is 0.826. The van der Waals surface area contributed by atoms with Crippen molar-refractivity contribution in [2.75, 3.05) is 0 Å². The molecule has 0 amide bonds. The second-order valence-corrected chi connectivity index (χ2v) is 6.76. The molecule has 1 unspecified atom stereocenters. The molecule has 0 spiro atoms. The van der Waals surface area contributed by atoms with E-state index in [-0.39, 0.29) is 11.5 Å². The van der Waals surface area contributed by atoms with E-state index < -0.39 is 0 Å². The van der Waals surface area contributed by atoms with Gasteiger partial charge in [0.25, 0.3) is 0 Å². The SMILES string of the molecule is CC(C)(C)c1ccc(C(O)CC2CC2)s1. The van der Waals surface area contributed by atoms with Crippen LogP contribution in [-0.4, -0.2) is 5.11 Å². The summed E-state index contributed by atoms with van der Waals surface area (Å²) >= 11 is 1.77. The Labute approximate surface area is 96.1 Å². The predicted molar refractivity (Wildman–Crippen MR) is 65.3 cm³/mol. The zero-order valence-electron chi connectivity index (χ0n) is 9.79. The van der Waals surface area contributed by atoms with Crippen LogP contribution in [0, 0.1) is 5.92 Å². The third kappa shape index (κ3) is 2.82. The van der Waals surface area contributed by atoms with Crippen LogP contribution in [0.3, 0.4) is 0 Å². The highest BCUT2D eigenvalue weighted by atomic mass is 32.1. The highest BCUT2D eigenvalue weighted by Crippen LogP contribution is 2.40. The Hall–Kier alpha value is -0.340. The summed E-state index contributed by atoms with van der Waals surface area (Å²) in [4.78, 5) is 2.51.